The smallest absolute Gasteiger partial charge is 0.304 e. The zero-order valence-corrected chi connectivity index (χ0v) is 8.84. The second-order valence-electron chi connectivity index (χ2n) is 3.00. The second kappa shape index (κ2) is 4.30. The van der Waals surface area contributed by atoms with Gasteiger partial charge in [-0.25, -0.2) is 8.42 Å². The van der Waals surface area contributed by atoms with Crippen LogP contribution in [0.1, 0.15) is 12.1 Å². The van der Waals surface area contributed by atoms with E-state index in [9.17, 15) is 13.2 Å². The van der Waals surface area contributed by atoms with Gasteiger partial charge in [-0.3, -0.25) is 14.6 Å². The number of aliphatic carboxylic acids is 1. The lowest BCUT2D eigenvalue weighted by Crippen LogP contribution is -2.19. The minimum atomic E-state index is -3.63. The van der Waals surface area contributed by atoms with Crippen LogP contribution >= 0.6 is 0 Å². The van der Waals surface area contributed by atoms with Crippen molar-refractivity contribution >= 4 is 21.8 Å². The molecular weight excluding hydrogens is 222 g/mol. The zero-order chi connectivity index (χ0) is 11.5. The van der Waals surface area contributed by atoms with Crippen LogP contribution in [0, 0.1) is 6.92 Å². The van der Waals surface area contributed by atoms with Crippen LogP contribution in [-0.2, 0) is 14.8 Å². The van der Waals surface area contributed by atoms with Gasteiger partial charge in [-0.05, 0) is 6.92 Å². The maximum atomic E-state index is 11.3. The maximum absolute atomic E-state index is 11.3. The fraction of sp³-hybridized carbons (Fsp3) is 0.429. The van der Waals surface area contributed by atoms with Gasteiger partial charge < -0.3 is 5.11 Å². The van der Waals surface area contributed by atoms with Gasteiger partial charge in [0.25, 0.3) is 0 Å². The van der Waals surface area contributed by atoms with Gasteiger partial charge >= 0.3 is 5.97 Å². The van der Waals surface area contributed by atoms with E-state index < -0.39 is 28.2 Å². The first-order valence-corrected chi connectivity index (χ1v) is 5.78. The average molecular weight is 233 g/mol. The molecule has 0 saturated heterocycles. The molecule has 1 aromatic heterocycles. The molecule has 1 heterocycles. The molecule has 0 aromatic carbocycles. The molecule has 0 aliphatic rings. The summed E-state index contributed by atoms with van der Waals surface area (Å²) < 4.78 is 24.7. The highest BCUT2D eigenvalue weighted by Gasteiger charge is 2.13. The fourth-order valence-electron chi connectivity index (χ4n) is 0.902. The monoisotopic (exact) mass is 233 g/mol. The van der Waals surface area contributed by atoms with Crippen LogP contribution < -0.4 is 4.72 Å². The van der Waals surface area contributed by atoms with Crippen molar-refractivity contribution in [3.63, 3.8) is 0 Å². The molecule has 84 valence electrons. The van der Waals surface area contributed by atoms with Crippen LogP contribution in [0.4, 0.5) is 5.82 Å². The van der Waals surface area contributed by atoms with Gasteiger partial charge in [0.05, 0.1) is 12.2 Å². The zero-order valence-electron chi connectivity index (χ0n) is 8.02. The molecule has 1 rings (SSSR count). The first-order chi connectivity index (χ1) is 6.89. The Hall–Kier alpha value is -1.57. The number of H-pyrrole nitrogens is 1. The molecule has 0 aliphatic heterocycles. The lowest BCUT2D eigenvalue weighted by Gasteiger charge is -2.02. The normalized spacial score (nSPS) is 11.3. The SMILES string of the molecule is Cc1cc(NS(=O)(=O)CCC(=O)O)n[nH]1. The minimum Gasteiger partial charge on any atom is -0.481 e. The van der Waals surface area contributed by atoms with Crippen molar-refractivity contribution in [2.75, 3.05) is 10.5 Å². The Morgan fingerprint density at radius 3 is 2.80 bits per heavy atom. The summed E-state index contributed by atoms with van der Waals surface area (Å²) in [6.45, 7) is 1.72. The van der Waals surface area contributed by atoms with Gasteiger partial charge in [0.1, 0.15) is 0 Å². The molecule has 0 bridgehead atoms. The van der Waals surface area contributed by atoms with E-state index in [1.54, 1.807) is 6.92 Å². The Bertz CT molecular complexity index is 451. The van der Waals surface area contributed by atoms with Crippen molar-refractivity contribution in [1.29, 1.82) is 0 Å². The summed E-state index contributed by atoms with van der Waals surface area (Å²) in [4.78, 5) is 10.2. The van der Waals surface area contributed by atoms with E-state index >= 15 is 0 Å². The number of aromatic amines is 1. The van der Waals surface area contributed by atoms with E-state index in [4.69, 9.17) is 5.11 Å². The third-order valence-corrected chi connectivity index (χ3v) is 2.81. The van der Waals surface area contributed by atoms with E-state index in [-0.39, 0.29) is 5.82 Å². The van der Waals surface area contributed by atoms with Crippen LogP contribution in [0.15, 0.2) is 6.07 Å². The summed E-state index contributed by atoms with van der Waals surface area (Å²) >= 11 is 0. The highest BCUT2D eigenvalue weighted by Crippen LogP contribution is 2.07. The predicted molar refractivity (Wildman–Crippen MR) is 53.0 cm³/mol. The summed E-state index contributed by atoms with van der Waals surface area (Å²) in [6, 6.07) is 1.51. The van der Waals surface area contributed by atoms with Gasteiger partial charge in [-0.15, -0.1) is 0 Å². The Morgan fingerprint density at radius 2 is 2.33 bits per heavy atom. The molecular formula is C7H11N3O4S. The molecule has 0 unspecified atom stereocenters. The van der Waals surface area contributed by atoms with Gasteiger partial charge in [0, 0.05) is 11.8 Å². The Balaban J connectivity index is 2.60. The topological polar surface area (TPSA) is 112 Å². The number of aromatic nitrogens is 2. The minimum absolute atomic E-state index is 0.165. The highest BCUT2D eigenvalue weighted by atomic mass is 32.2. The lowest BCUT2D eigenvalue weighted by atomic mass is 10.5. The maximum Gasteiger partial charge on any atom is 0.304 e. The summed E-state index contributed by atoms with van der Waals surface area (Å²) in [6.07, 6.45) is -0.432. The number of nitrogens with one attached hydrogen (secondary N) is 2. The summed E-state index contributed by atoms with van der Waals surface area (Å²) in [5.41, 5.74) is 0.714. The van der Waals surface area contributed by atoms with Crippen molar-refractivity contribution in [2.45, 2.75) is 13.3 Å². The number of rotatable bonds is 5. The molecule has 0 aliphatic carbocycles. The molecule has 0 atom stereocenters. The van der Waals surface area contributed by atoms with Crippen molar-refractivity contribution in [1.82, 2.24) is 10.2 Å². The van der Waals surface area contributed by atoms with Gasteiger partial charge in [0.2, 0.25) is 10.0 Å². The van der Waals surface area contributed by atoms with Crippen molar-refractivity contribution in [3.05, 3.63) is 11.8 Å². The van der Waals surface area contributed by atoms with E-state index in [0.29, 0.717) is 5.69 Å². The molecule has 0 saturated carbocycles. The molecule has 0 amide bonds. The van der Waals surface area contributed by atoms with E-state index in [2.05, 4.69) is 14.9 Å². The van der Waals surface area contributed by atoms with Gasteiger partial charge in [-0.2, -0.15) is 5.10 Å². The first kappa shape index (κ1) is 11.5. The lowest BCUT2D eigenvalue weighted by molar-refractivity contribution is -0.136. The molecule has 0 radical (unpaired) electrons. The number of anilines is 1. The number of sulfonamides is 1. The number of hydrogen-bond donors (Lipinski definition) is 3. The molecule has 7 nitrogen and oxygen atoms in total. The molecule has 0 spiro atoms. The summed E-state index contributed by atoms with van der Waals surface area (Å²) in [7, 11) is -3.63. The van der Waals surface area contributed by atoms with Crippen molar-refractivity contribution < 1.29 is 18.3 Å². The number of nitrogens with zero attached hydrogens (tertiary/aromatic N) is 1. The molecule has 0 fully saturated rings. The standard InChI is InChI=1S/C7H11N3O4S/c1-5-4-6(9-8-5)10-15(13,14)3-2-7(11)12/h4H,2-3H2,1H3,(H,11,12)(H2,8,9,10). The van der Waals surface area contributed by atoms with Crippen LogP contribution in [0.5, 0.6) is 0 Å². The molecule has 1 aromatic rings. The van der Waals surface area contributed by atoms with Crippen LogP contribution in [0.25, 0.3) is 0 Å². The van der Waals surface area contributed by atoms with Crippen LogP contribution in [0.2, 0.25) is 0 Å². The van der Waals surface area contributed by atoms with Gasteiger partial charge in [0.15, 0.2) is 5.82 Å². The van der Waals surface area contributed by atoms with Crippen molar-refractivity contribution in [3.8, 4) is 0 Å². The highest BCUT2D eigenvalue weighted by molar-refractivity contribution is 7.92. The largest absolute Gasteiger partial charge is 0.481 e. The fourth-order valence-corrected chi connectivity index (χ4v) is 1.87. The summed E-state index contributed by atoms with van der Waals surface area (Å²) in [5.74, 6) is -1.45. The molecule has 15 heavy (non-hydrogen) atoms. The first-order valence-electron chi connectivity index (χ1n) is 4.13. The number of carbonyl (C=O) groups is 1. The average Bonchev–Trinajstić information content (AvgIpc) is 2.47. The second-order valence-corrected chi connectivity index (χ2v) is 4.84. The number of carboxylic acids is 1. The third kappa shape index (κ3) is 3.98. The number of carboxylic acid groups (broad SMARTS) is 1. The van der Waals surface area contributed by atoms with Crippen LogP contribution in [0.3, 0.4) is 0 Å². The van der Waals surface area contributed by atoms with Gasteiger partial charge in [-0.1, -0.05) is 0 Å². The van der Waals surface area contributed by atoms with Crippen LogP contribution in [-0.4, -0.2) is 35.4 Å². The molecule has 8 heteroatoms. The number of hydrogen-bond acceptors (Lipinski definition) is 4. The van der Waals surface area contributed by atoms with Crippen molar-refractivity contribution in [2.24, 2.45) is 0 Å². The molecule has 3 N–H and O–H groups in total. The Morgan fingerprint density at radius 1 is 1.67 bits per heavy atom. The van der Waals surface area contributed by atoms with E-state index in [1.807, 2.05) is 0 Å². The predicted octanol–water partition coefficient (Wildman–Crippen LogP) is -0.0655. The third-order valence-electron chi connectivity index (χ3n) is 1.55. The quantitative estimate of drug-likeness (QED) is 0.659. The number of aryl methyl sites for hydroxylation is 1. The summed E-state index contributed by atoms with van der Waals surface area (Å²) in [5, 5.41) is 14.6. The Kier molecular flexibility index (Phi) is 3.30. The van der Waals surface area contributed by atoms with E-state index in [1.165, 1.54) is 6.07 Å². The Labute approximate surface area is 86.6 Å². The van der Waals surface area contributed by atoms with E-state index in [0.717, 1.165) is 0 Å².